The number of hydrazine groups is 1. The molecule has 1 saturated heterocycles. The van der Waals surface area contributed by atoms with Crippen molar-refractivity contribution in [1.82, 2.24) is 10.4 Å². The number of methoxy groups -OCH3 is 3. The molecule has 0 radical (unpaired) electrons. The fourth-order valence-corrected chi connectivity index (χ4v) is 3.74. The molecule has 0 aromatic heterocycles. The minimum Gasteiger partial charge on any atom is -0.497 e. The zero-order chi connectivity index (χ0) is 21.0. The van der Waals surface area contributed by atoms with Crippen LogP contribution in [0.5, 0.6) is 17.2 Å². The zero-order valence-corrected chi connectivity index (χ0v) is 17.6. The van der Waals surface area contributed by atoms with E-state index in [9.17, 15) is 9.59 Å². The average molecular weight is 431 g/mol. The van der Waals surface area contributed by atoms with E-state index in [0.717, 1.165) is 16.8 Å². The summed E-state index contributed by atoms with van der Waals surface area (Å²) in [4.78, 5) is 25.6. The minimum absolute atomic E-state index is 0.229. The minimum atomic E-state index is -0.468. The first-order valence-electron chi connectivity index (χ1n) is 8.41. The van der Waals surface area contributed by atoms with Gasteiger partial charge in [-0.15, -0.1) is 0 Å². The molecule has 9 heteroatoms. The first kappa shape index (κ1) is 20.7. The molecule has 1 aliphatic heterocycles. The summed E-state index contributed by atoms with van der Waals surface area (Å²) in [6, 6.07) is 11.9. The first-order valence-corrected chi connectivity index (χ1v) is 9.63. The number of benzene rings is 2. The van der Waals surface area contributed by atoms with Crippen molar-refractivity contribution in [2.24, 2.45) is 0 Å². The monoisotopic (exact) mass is 430 g/mol. The van der Waals surface area contributed by atoms with Gasteiger partial charge in [0, 0.05) is 11.6 Å². The van der Waals surface area contributed by atoms with Gasteiger partial charge in [-0.2, -0.15) is 5.01 Å². The Bertz CT molecular complexity index is 984. The lowest BCUT2D eigenvalue weighted by Crippen LogP contribution is -2.44. The molecule has 0 bridgehead atoms. The maximum absolute atomic E-state index is 12.8. The van der Waals surface area contributed by atoms with Gasteiger partial charge in [0.1, 0.15) is 17.2 Å². The smallest absolute Gasteiger partial charge is 0.285 e. The van der Waals surface area contributed by atoms with Gasteiger partial charge in [0.25, 0.3) is 11.8 Å². The number of hydrogen-bond acceptors (Lipinski definition) is 7. The molecule has 3 rings (SSSR count). The van der Waals surface area contributed by atoms with Crippen LogP contribution in [-0.4, -0.2) is 42.5 Å². The predicted molar refractivity (Wildman–Crippen MR) is 115 cm³/mol. The number of nitrogens with one attached hydrogen (secondary N) is 1. The van der Waals surface area contributed by atoms with E-state index in [0.29, 0.717) is 33.3 Å². The fraction of sp³-hybridized carbons (Fsp3) is 0.150. The quantitative estimate of drug-likeness (QED) is 0.557. The molecule has 0 saturated carbocycles. The van der Waals surface area contributed by atoms with Crippen molar-refractivity contribution in [2.75, 3.05) is 21.3 Å². The van der Waals surface area contributed by atoms with E-state index in [-0.39, 0.29) is 4.32 Å². The molecule has 2 amide bonds. The molecule has 1 aliphatic rings. The Kier molecular flexibility index (Phi) is 6.40. The molecule has 0 aliphatic carbocycles. The molecule has 1 fully saturated rings. The zero-order valence-electron chi connectivity index (χ0n) is 15.9. The standard InChI is InChI=1S/C20H18N2O5S2/c1-25-14-6-4-5-13(10-14)18(23)21-22-19(24)17(29-20(22)28)9-12-7-15(26-2)11-16(8-12)27-3/h4-11H,1-3H3,(H,21,23)/b17-9+. The molecule has 2 aromatic carbocycles. The van der Waals surface area contributed by atoms with Crippen molar-refractivity contribution in [2.45, 2.75) is 0 Å². The van der Waals surface area contributed by atoms with Gasteiger partial charge in [-0.05, 0) is 54.2 Å². The van der Waals surface area contributed by atoms with Crippen LogP contribution in [0.15, 0.2) is 47.4 Å². The number of rotatable bonds is 6. The third kappa shape index (κ3) is 4.69. The first-order chi connectivity index (χ1) is 13.9. The molecule has 0 spiro atoms. The molecule has 29 heavy (non-hydrogen) atoms. The Balaban J connectivity index is 1.80. The Labute approximate surface area is 177 Å². The van der Waals surface area contributed by atoms with Crippen LogP contribution in [0.25, 0.3) is 6.08 Å². The van der Waals surface area contributed by atoms with E-state index in [1.807, 2.05) is 0 Å². The summed E-state index contributed by atoms with van der Waals surface area (Å²) in [5.41, 5.74) is 3.60. The largest absolute Gasteiger partial charge is 0.497 e. The van der Waals surface area contributed by atoms with Gasteiger partial charge in [-0.1, -0.05) is 17.8 Å². The van der Waals surface area contributed by atoms with Crippen LogP contribution in [0.2, 0.25) is 0 Å². The molecular formula is C20H18N2O5S2. The molecule has 0 unspecified atom stereocenters. The normalized spacial score (nSPS) is 14.9. The number of thiocarbonyl (C=S) groups is 1. The van der Waals surface area contributed by atoms with Crippen molar-refractivity contribution in [3.8, 4) is 17.2 Å². The van der Waals surface area contributed by atoms with Crippen LogP contribution in [0.3, 0.4) is 0 Å². The Morgan fingerprint density at radius 3 is 2.31 bits per heavy atom. The van der Waals surface area contributed by atoms with E-state index >= 15 is 0 Å². The lowest BCUT2D eigenvalue weighted by molar-refractivity contribution is -0.123. The maximum atomic E-state index is 12.8. The van der Waals surface area contributed by atoms with Crippen molar-refractivity contribution in [1.29, 1.82) is 0 Å². The van der Waals surface area contributed by atoms with Crippen molar-refractivity contribution in [3.05, 3.63) is 58.5 Å². The van der Waals surface area contributed by atoms with Gasteiger partial charge in [0.2, 0.25) is 0 Å². The highest BCUT2D eigenvalue weighted by molar-refractivity contribution is 8.26. The second-order valence-electron chi connectivity index (χ2n) is 5.84. The molecule has 7 nitrogen and oxygen atoms in total. The van der Waals surface area contributed by atoms with Crippen LogP contribution in [0.1, 0.15) is 15.9 Å². The SMILES string of the molecule is COc1cc(/C=C2/SC(=S)N(NC(=O)c3cccc(OC)c3)C2=O)cc(OC)c1. The number of hydrogen-bond donors (Lipinski definition) is 1. The van der Waals surface area contributed by atoms with Crippen LogP contribution in [0.4, 0.5) is 0 Å². The number of amides is 2. The number of carbonyl (C=O) groups excluding carboxylic acids is 2. The predicted octanol–water partition coefficient (Wildman–Crippen LogP) is 3.26. The summed E-state index contributed by atoms with van der Waals surface area (Å²) in [6.45, 7) is 0. The topological polar surface area (TPSA) is 77.1 Å². The molecule has 2 aromatic rings. The van der Waals surface area contributed by atoms with E-state index in [1.54, 1.807) is 62.8 Å². The second kappa shape index (κ2) is 8.97. The molecule has 1 heterocycles. The highest BCUT2D eigenvalue weighted by Gasteiger charge is 2.33. The highest BCUT2D eigenvalue weighted by Crippen LogP contribution is 2.33. The number of carbonyl (C=O) groups is 2. The Morgan fingerprint density at radius 1 is 1.03 bits per heavy atom. The summed E-state index contributed by atoms with van der Waals surface area (Å²) in [5.74, 6) is 0.840. The van der Waals surface area contributed by atoms with Gasteiger partial charge in [0.15, 0.2) is 4.32 Å². The van der Waals surface area contributed by atoms with Gasteiger partial charge < -0.3 is 14.2 Å². The van der Waals surface area contributed by atoms with E-state index < -0.39 is 11.8 Å². The van der Waals surface area contributed by atoms with Crippen LogP contribution < -0.4 is 19.6 Å². The molecule has 1 N–H and O–H groups in total. The third-order valence-corrected chi connectivity index (χ3v) is 5.31. The fourth-order valence-electron chi connectivity index (χ4n) is 2.56. The van der Waals surface area contributed by atoms with Crippen LogP contribution >= 0.6 is 24.0 Å². The van der Waals surface area contributed by atoms with Gasteiger partial charge >= 0.3 is 0 Å². The maximum Gasteiger partial charge on any atom is 0.285 e. The van der Waals surface area contributed by atoms with Crippen LogP contribution in [0, 0.1) is 0 Å². The highest BCUT2D eigenvalue weighted by atomic mass is 32.2. The van der Waals surface area contributed by atoms with Crippen LogP contribution in [-0.2, 0) is 4.79 Å². The molecule has 150 valence electrons. The average Bonchev–Trinajstić information content (AvgIpc) is 3.00. The summed E-state index contributed by atoms with van der Waals surface area (Å²) in [5, 5.41) is 1.06. The van der Waals surface area contributed by atoms with Gasteiger partial charge in [-0.25, -0.2) is 0 Å². The van der Waals surface area contributed by atoms with E-state index in [4.69, 9.17) is 26.4 Å². The molecule has 0 atom stereocenters. The number of thioether (sulfide) groups is 1. The summed E-state index contributed by atoms with van der Waals surface area (Å²) in [6.07, 6.45) is 1.67. The van der Waals surface area contributed by atoms with Gasteiger partial charge in [0.05, 0.1) is 26.2 Å². The van der Waals surface area contributed by atoms with Crippen molar-refractivity contribution < 1.29 is 23.8 Å². The summed E-state index contributed by atoms with van der Waals surface area (Å²) < 4.78 is 15.8. The number of ether oxygens (including phenoxy) is 3. The Morgan fingerprint density at radius 2 is 1.69 bits per heavy atom. The molecular weight excluding hydrogens is 412 g/mol. The van der Waals surface area contributed by atoms with Gasteiger partial charge in [-0.3, -0.25) is 15.0 Å². The lowest BCUT2D eigenvalue weighted by Gasteiger charge is -2.15. The van der Waals surface area contributed by atoms with E-state index in [2.05, 4.69) is 5.43 Å². The van der Waals surface area contributed by atoms with Crippen molar-refractivity contribution >= 4 is 46.2 Å². The Hall–Kier alpha value is -3.04. The van der Waals surface area contributed by atoms with Crippen molar-refractivity contribution in [3.63, 3.8) is 0 Å². The third-order valence-electron chi connectivity index (χ3n) is 4.01. The lowest BCUT2D eigenvalue weighted by atomic mass is 10.2. The second-order valence-corrected chi connectivity index (χ2v) is 7.51. The van der Waals surface area contributed by atoms with E-state index in [1.165, 1.54) is 7.11 Å². The number of nitrogens with zero attached hydrogens (tertiary/aromatic N) is 1. The summed E-state index contributed by atoms with van der Waals surface area (Å²) in [7, 11) is 4.61. The summed E-state index contributed by atoms with van der Waals surface area (Å²) >= 11 is 6.36.